The molecular weight excluding hydrogens is 473 g/mol. The first-order valence-electron chi connectivity index (χ1n) is 13.4. The predicted octanol–water partition coefficient (Wildman–Crippen LogP) is 4.94. The maximum Gasteiger partial charge on any atom is 0.253 e. The number of nitrogens with zero attached hydrogens (tertiary/aromatic N) is 2. The van der Waals surface area contributed by atoms with E-state index in [1.807, 2.05) is 36.9 Å². The standard InChI is InChI=1S/C27H36FN3O4.C2H6/c1-19(2)15-31(16-20-5-8-24-25(13-20)34-11-4-9-29-24)27(32)26-18-30(10-12-35-26)17-21-14-22(33-3)6-7-23(21)28;1-2/h5-8,13-14,19,26,29H,4,9-12,15-18H2,1-3H3;1-2H3. The van der Waals surface area contributed by atoms with Crippen LogP contribution in [0.1, 0.15) is 45.2 Å². The molecule has 1 unspecified atom stereocenters. The van der Waals surface area contributed by atoms with Gasteiger partial charge in [0.15, 0.2) is 0 Å². The number of rotatable bonds is 8. The molecule has 1 fully saturated rings. The molecule has 0 aliphatic carbocycles. The van der Waals surface area contributed by atoms with Crippen LogP contribution in [0.25, 0.3) is 0 Å². The van der Waals surface area contributed by atoms with Crippen LogP contribution in [0.15, 0.2) is 36.4 Å². The number of nitrogens with one attached hydrogen (secondary N) is 1. The Kier molecular flexibility index (Phi) is 11.0. The molecule has 0 aromatic heterocycles. The molecule has 2 aromatic rings. The van der Waals surface area contributed by atoms with Gasteiger partial charge in [-0.05, 0) is 48.2 Å². The van der Waals surface area contributed by atoms with Gasteiger partial charge < -0.3 is 24.4 Å². The minimum Gasteiger partial charge on any atom is -0.497 e. The average Bonchev–Trinajstić information content (AvgIpc) is 3.15. The Hall–Kier alpha value is -2.84. The maximum atomic E-state index is 14.4. The van der Waals surface area contributed by atoms with Crippen LogP contribution in [0, 0.1) is 11.7 Å². The van der Waals surface area contributed by atoms with E-state index in [-0.39, 0.29) is 11.7 Å². The van der Waals surface area contributed by atoms with Gasteiger partial charge in [-0.15, -0.1) is 0 Å². The minimum atomic E-state index is -0.588. The van der Waals surface area contributed by atoms with E-state index in [0.29, 0.717) is 63.2 Å². The van der Waals surface area contributed by atoms with Crippen LogP contribution in [-0.2, 0) is 22.6 Å². The fourth-order valence-electron chi connectivity index (χ4n) is 4.54. The molecule has 0 radical (unpaired) electrons. The van der Waals surface area contributed by atoms with Crippen molar-refractivity contribution in [2.45, 2.75) is 53.3 Å². The number of ether oxygens (including phenoxy) is 3. The fraction of sp³-hybridized carbons (Fsp3) is 0.552. The molecule has 1 saturated heterocycles. The summed E-state index contributed by atoms with van der Waals surface area (Å²) in [5.74, 6) is 1.44. The van der Waals surface area contributed by atoms with E-state index in [4.69, 9.17) is 14.2 Å². The highest BCUT2D eigenvalue weighted by Crippen LogP contribution is 2.29. The minimum absolute atomic E-state index is 0.0384. The third kappa shape index (κ3) is 8.07. The van der Waals surface area contributed by atoms with Crippen molar-refractivity contribution in [1.29, 1.82) is 0 Å². The highest BCUT2D eigenvalue weighted by atomic mass is 19.1. The largest absolute Gasteiger partial charge is 0.497 e. The van der Waals surface area contributed by atoms with Crippen LogP contribution in [0.2, 0.25) is 0 Å². The number of benzene rings is 2. The van der Waals surface area contributed by atoms with Crippen LogP contribution in [0.3, 0.4) is 0 Å². The fourth-order valence-corrected chi connectivity index (χ4v) is 4.54. The molecule has 2 aliphatic heterocycles. The summed E-state index contributed by atoms with van der Waals surface area (Å²) in [6, 6.07) is 10.8. The lowest BCUT2D eigenvalue weighted by Gasteiger charge is -2.35. The monoisotopic (exact) mass is 515 g/mol. The predicted molar refractivity (Wildman–Crippen MR) is 145 cm³/mol. The molecule has 1 N–H and O–H groups in total. The number of anilines is 1. The summed E-state index contributed by atoms with van der Waals surface area (Å²) in [6.45, 7) is 12.8. The number of carbonyl (C=O) groups is 1. The third-order valence-corrected chi connectivity index (χ3v) is 6.28. The molecule has 1 atom stereocenters. The number of hydrogen-bond acceptors (Lipinski definition) is 6. The Bertz CT molecular complexity index is 1020. The van der Waals surface area contributed by atoms with E-state index >= 15 is 0 Å². The van der Waals surface area contributed by atoms with Gasteiger partial charge in [0.1, 0.15) is 23.4 Å². The number of amides is 1. The van der Waals surface area contributed by atoms with E-state index in [1.54, 1.807) is 19.2 Å². The lowest BCUT2D eigenvalue weighted by atomic mass is 10.1. The van der Waals surface area contributed by atoms with Gasteiger partial charge in [0.25, 0.3) is 5.91 Å². The summed E-state index contributed by atoms with van der Waals surface area (Å²) in [5.41, 5.74) is 2.56. The molecule has 4 rings (SSSR count). The second-order valence-electron chi connectivity index (χ2n) is 9.62. The molecule has 7 nitrogen and oxygen atoms in total. The molecule has 2 aromatic carbocycles. The quantitative estimate of drug-likeness (QED) is 0.537. The molecule has 0 bridgehead atoms. The van der Waals surface area contributed by atoms with E-state index in [0.717, 1.165) is 30.0 Å². The molecule has 37 heavy (non-hydrogen) atoms. The zero-order chi connectivity index (χ0) is 26.8. The van der Waals surface area contributed by atoms with Gasteiger partial charge in [-0.3, -0.25) is 9.69 Å². The summed E-state index contributed by atoms with van der Waals surface area (Å²) < 4.78 is 31.4. The zero-order valence-corrected chi connectivity index (χ0v) is 22.9. The molecule has 2 heterocycles. The first kappa shape index (κ1) is 28.7. The second-order valence-corrected chi connectivity index (χ2v) is 9.62. The Morgan fingerprint density at radius 1 is 1.22 bits per heavy atom. The van der Waals surface area contributed by atoms with Crippen LogP contribution in [-0.4, -0.2) is 68.3 Å². The molecule has 204 valence electrons. The van der Waals surface area contributed by atoms with Crippen LogP contribution in [0.5, 0.6) is 11.5 Å². The van der Waals surface area contributed by atoms with Crippen molar-refractivity contribution in [2.75, 3.05) is 51.8 Å². The first-order chi connectivity index (χ1) is 17.9. The molecule has 0 saturated carbocycles. The van der Waals surface area contributed by atoms with Gasteiger partial charge in [0.2, 0.25) is 0 Å². The van der Waals surface area contributed by atoms with Gasteiger partial charge in [-0.1, -0.05) is 33.8 Å². The van der Waals surface area contributed by atoms with Crippen molar-refractivity contribution < 1.29 is 23.4 Å². The number of carbonyl (C=O) groups excluding carboxylic acids is 1. The van der Waals surface area contributed by atoms with Gasteiger partial charge >= 0.3 is 0 Å². The number of morpholine rings is 1. The number of methoxy groups -OCH3 is 1. The Morgan fingerprint density at radius 2 is 2.03 bits per heavy atom. The van der Waals surface area contributed by atoms with E-state index < -0.39 is 6.10 Å². The van der Waals surface area contributed by atoms with E-state index in [2.05, 4.69) is 24.1 Å². The molecule has 1 amide bonds. The summed E-state index contributed by atoms with van der Waals surface area (Å²) in [7, 11) is 1.57. The van der Waals surface area contributed by atoms with E-state index in [1.165, 1.54) is 6.07 Å². The van der Waals surface area contributed by atoms with Gasteiger partial charge in [0.05, 0.1) is 26.0 Å². The van der Waals surface area contributed by atoms with Crippen LogP contribution >= 0.6 is 0 Å². The molecular formula is C29H42FN3O4. The normalized spacial score (nSPS) is 17.4. The van der Waals surface area contributed by atoms with Crippen LogP contribution in [0.4, 0.5) is 10.1 Å². The Labute approximate surface area is 220 Å². The summed E-state index contributed by atoms with van der Waals surface area (Å²) in [4.78, 5) is 17.5. The topological polar surface area (TPSA) is 63.3 Å². The highest BCUT2D eigenvalue weighted by Gasteiger charge is 2.31. The van der Waals surface area contributed by atoms with Gasteiger partial charge in [-0.25, -0.2) is 4.39 Å². The maximum absolute atomic E-state index is 14.4. The highest BCUT2D eigenvalue weighted by molar-refractivity contribution is 5.81. The number of fused-ring (bicyclic) bond motifs is 1. The lowest BCUT2D eigenvalue weighted by molar-refractivity contribution is -0.151. The van der Waals surface area contributed by atoms with Crippen molar-refractivity contribution in [3.8, 4) is 11.5 Å². The SMILES string of the molecule is CC.COc1ccc(F)c(CN2CCOC(C(=O)N(Cc3ccc4c(c3)OCCCN4)CC(C)C)C2)c1. The molecule has 8 heteroatoms. The van der Waals surface area contributed by atoms with Crippen molar-refractivity contribution in [1.82, 2.24) is 9.80 Å². The van der Waals surface area contributed by atoms with Gasteiger partial charge in [0, 0.05) is 44.8 Å². The number of halogens is 1. The lowest BCUT2D eigenvalue weighted by Crippen LogP contribution is -2.51. The van der Waals surface area contributed by atoms with Gasteiger partial charge in [-0.2, -0.15) is 0 Å². The Balaban J connectivity index is 0.00000186. The zero-order valence-electron chi connectivity index (χ0n) is 22.9. The molecule has 0 spiro atoms. The van der Waals surface area contributed by atoms with Crippen molar-refractivity contribution >= 4 is 11.6 Å². The average molecular weight is 516 g/mol. The Morgan fingerprint density at radius 3 is 2.78 bits per heavy atom. The smallest absolute Gasteiger partial charge is 0.253 e. The van der Waals surface area contributed by atoms with Crippen molar-refractivity contribution in [2.24, 2.45) is 5.92 Å². The summed E-state index contributed by atoms with van der Waals surface area (Å²) in [6.07, 6.45) is 0.367. The van der Waals surface area contributed by atoms with Crippen molar-refractivity contribution in [3.63, 3.8) is 0 Å². The second kappa shape index (κ2) is 14.2. The first-order valence-corrected chi connectivity index (χ1v) is 13.4. The van der Waals surface area contributed by atoms with Crippen LogP contribution < -0.4 is 14.8 Å². The summed E-state index contributed by atoms with van der Waals surface area (Å²) >= 11 is 0. The van der Waals surface area contributed by atoms with E-state index in [9.17, 15) is 9.18 Å². The number of hydrogen-bond donors (Lipinski definition) is 1. The van der Waals surface area contributed by atoms with Crippen molar-refractivity contribution in [3.05, 3.63) is 53.3 Å². The third-order valence-electron chi connectivity index (χ3n) is 6.28. The molecule has 2 aliphatic rings. The summed E-state index contributed by atoms with van der Waals surface area (Å²) in [5, 5.41) is 3.38.